The zero-order valence-corrected chi connectivity index (χ0v) is 55.9. The van der Waals surface area contributed by atoms with Crippen molar-refractivity contribution in [2.24, 2.45) is 0 Å². The molecule has 0 spiro atoms. The summed E-state index contributed by atoms with van der Waals surface area (Å²) in [6.45, 7) is 10.9. The summed E-state index contributed by atoms with van der Waals surface area (Å²) in [6.07, 6.45) is -1.06. The number of aryl methyl sites for hydroxylation is 2. The lowest BCUT2D eigenvalue weighted by Gasteiger charge is -2.39. The summed E-state index contributed by atoms with van der Waals surface area (Å²) in [5.41, 5.74) is 11.6. The first-order chi connectivity index (χ1) is 46.1. The molecular formula is C76H73F13O10. The lowest BCUT2D eigenvalue weighted by Crippen LogP contribution is -2.70. The topological polar surface area (TPSA) is 139 Å². The Hall–Kier alpha value is -9.51. The van der Waals surface area contributed by atoms with E-state index < -0.39 is 42.4 Å². The quantitative estimate of drug-likeness (QED) is 0.0568. The molecule has 1 aliphatic rings. The second kappa shape index (κ2) is 33.4. The second-order valence-electron chi connectivity index (χ2n) is 23.4. The molecule has 0 bridgehead atoms. The third kappa shape index (κ3) is 19.2. The van der Waals surface area contributed by atoms with Gasteiger partial charge in [0.15, 0.2) is 34.7 Å². The minimum atomic E-state index is -7.86. The van der Waals surface area contributed by atoms with Crippen LogP contribution in [0.2, 0.25) is 0 Å². The highest BCUT2D eigenvalue weighted by atomic mass is 19.4. The first-order valence-corrected chi connectivity index (χ1v) is 30.6. The number of Topliss-reactive ketones (excluding diaryl/α,β-unsaturated/α-hetero) is 6. The fraction of sp³-hybridized carbons (Fsp3) is 0.316. The average Bonchev–Trinajstić information content (AvgIpc) is 0.715. The van der Waals surface area contributed by atoms with E-state index in [0.29, 0.717) is 44.9 Å². The number of carbonyl (C=O) groups is 6. The van der Waals surface area contributed by atoms with Crippen molar-refractivity contribution in [3.63, 3.8) is 0 Å². The Morgan fingerprint density at radius 1 is 0.364 bits per heavy atom. The van der Waals surface area contributed by atoms with Gasteiger partial charge in [-0.15, -0.1) is 0 Å². The average molecular weight is 1390 g/mol. The Kier molecular flexibility index (Phi) is 27.0. The van der Waals surface area contributed by atoms with Crippen LogP contribution in [0.15, 0.2) is 170 Å². The highest BCUT2D eigenvalue weighted by molar-refractivity contribution is 6.02. The maximum atomic E-state index is 12.8. The SMILES string of the molecule is CC(=O)c1ccc(-c2ccc(C(C)=O)cc2)cc1.CC(=O)c1ccc(Oc2ccc(C(C)=O)cc2)cc1.CC(=O)c1ccc2cc(C(C)=O)ccc2c1.COCC(F)(F)C(F)(F)C(F)(F)C(F)(F)C(F)(F)C(F)(F)F.COc1ccc(C2(c3ccc(OC)c(C)c3)CCCCC2)cc1C. The maximum Gasteiger partial charge on any atom is 0.460 e. The molecule has 1 aliphatic carbocycles. The van der Waals surface area contributed by atoms with Crippen LogP contribution in [0, 0.1) is 13.8 Å². The molecule has 0 unspecified atom stereocenters. The fourth-order valence-electron chi connectivity index (χ4n) is 10.5. The number of methoxy groups -OCH3 is 3. The molecule has 0 amide bonds. The zero-order chi connectivity index (χ0) is 74.2. The standard InChI is InChI=1S/C22H28O2.C16H14O3.C16H14O2.C14H12O2.C8H5F13O/c1-16-14-18(8-10-20(16)23-3)22(12-6-5-7-13-22)19-9-11-21(24-4)17(2)15-19;1-11(17)13-3-7-15(8-4-13)19-16-9-5-14(6-10-16)12(2)18;1-11(17)13-3-7-15(8-4-13)16-9-5-14(6-10-16)12(2)18;1-9(15)11-3-5-14-8-12(10(2)16)4-6-13(14)7-11;1-22-2-3(9,10)4(11,12)5(13,14)6(15,16)7(17,18)8(19,20)21/h8-11,14-15H,5-7,12-13H2,1-4H3;3-10H,1-2H3;3-10H,1-2H3;3-8H,1-2H3;2H2,1H3. The Labute approximate surface area is 564 Å². The summed E-state index contributed by atoms with van der Waals surface area (Å²) >= 11 is 0. The minimum absolute atomic E-state index is 0.0253. The number of halogens is 13. The van der Waals surface area contributed by atoms with E-state index in [1.807, 2.05) is 72.8 Å². The number of carbonyl (C=O) groups excluding carboxylic acids is 6. The number of rotatable bonds is 19. The van der Waals surface area contributed by atoms with Gasteiger partial charge in [0.05, 0.1) is 14.2 Å². The minimum Gasteiger partial charge on any atom is -0.496 e. The van der Waals surface area contributed by atoms with Gasteiger partial charge in [-0.1, -0.05) is 116 Å². The molecule has 0 saturated heterocycles. The fourth-order valence-corrected chi connectivity index (χ4v) is 10.5. The highest BCUT2D eigenvalue weighted by Gasteiger charge is 2.90. The van der Waals surface area contributed by atoms with Crippen molar-refractivity contribution in [2.45, 2.75) is 129 Å². The molecular weight excluding hydrogens is 1320 g/mol. The van der Waals surface area contributed by atoms with E-state index in [-0.39, 0.29) is 47.2 Å². The van der Waals surface area contributed by atoms with E-state index in [4.69, 9.17) is 14.2 Å². The van der Waals surface area contributed by atoms with Crippen LogP contribution in [0.4, 0.5) is 57.1 Å². The summed E-state index contributed by atoms with van der Waals surface area (Å²) in [5, 5.41) is 1.97. The van der Waals surface area contributed by atoms with Gasteiger partial charge < -0.3 is 18.9 Å². The Bertz CT molecular complexity index is 3900. The molecule has 10 nitrogen and oxygen atoms in total. The second-order valence-corrected chi connectivity index (χ2v) is 23.4. The van der Waals surface area contributed by atoms with Crippen LogP contribution < -0.4 is 14.2 Å². The monoisotopic (exact) mass is 1390 g/mol. The lowest BCUT2D eigenvalue weighted by molar-refractivity contribution is -0.441. The third-order valence-corrected chi connectivity index (χ3v) is 16.3. The van der Waals surface area contributed by atoms with Gasteiger partial charge in [0.2, 0.25) is 0 Å². The highest BCUT2D eigenvalue weighted by Crippen LogP contribution is 2.60. The largest absolute Gasteiger partial charge is 0.496 e. The van der Waals surface area contributed by atoms with Crippen molar-refractivity contribution >= 4 is 45.5 Å². The molecule has 8 aromatic rings. The number of hydrogen-bond donors (Lipinski definition) is 0. The summed E-state index contributed by atoms with van der Waals surface area (Å²) in [7, 11) is 3.72. The molecule has 0 N–H and O–H groups in total. The lowest BCUT2D eigenvalue weighted by atomic mass is 9.65. The number of hydrogen-bond acceptors (Lipinski definition) is 10. The van der Waals surface area contributed by atoms with E-state index in [9.17, 15) is 85.8 Å². The molecule has 99 heavy (non-hydrogen) atoms. The number of ketones is 6. The van der Waals surface area contributed by atoms with Crippen molar-refractivity contribution in [1.82, 2.24) is 0 Å². The number of alkyl halides is 13. The van der Waals surface area contributed by atoms with Crippen LogP contribution in [0.25, 0.3) is 21.9 Å². The van der Waals surface area contributed by atoms with Gasteiger partial charge in [-0.05, 0) is 185 Å². The zero-order valence-electron chi connectivity index (χ0n) is 55.9. The van der Waals surface area contributed by atoms with E-state index in [1.54, 1.807) is 103 Å². The van der Waals surface area contributed by atoms with Crippen molar-refractivity contribution in [2.75, 3.05) is 27.9 Å². The van der Waals surface area contributed by atoms with E-state index >= 15 is 0 Å². The normalized spacial score (nSPS) is 13.1. The molecule has 0 aliphatic heterocycles. The van der Waals surface area contributed by atoms with Gasteiger partial charge in [-0.2, -0.15) is 57.1 Å². The van der Waals surface area contributed by atoms with Crippen LogP contribution in [-0.4, -0.2) is 98.4 Å². The molecule has 1 saturated carbocycles. The van der Waals surface area contributed by atoms with Crippen molar-refractivity contribution in [3.8, 4) is 34.1 Å². The van der Waals surface area contributed by atoms with Gasteiger partial charge >= 0.3 is 35.8 Å². The van der Waals surface area contributed by atoms with Gasteiger partial charge in [0, 0.05) is 45.9 Å². The molecule has 0 aromatic heterocycles. The first-order valence-electron chi connectivity index (χ1n) is 30.6. The summed E-state index contributed by atoms with van der Waals surface area (Å²) in [4.78, 5) is 67.1. The van der Waals surface area contributed by atoms with Gasteiger partial charge in [-0.3, -0.25) is 28.8 Å². The van der Waals surface area contributed by atoms with E-state index in [0.717, 1.165) is 33.4 Å². The number of benzene rings is 8. The van der Waals surface area contributed by atoms with Crippen molar-refractivity contribution < 1.29 is 105 Å². The van der Waals surface area contributed by atoms with Crippen LogP contribution >= 0.6 is 0 Å². The predicted molar refractivity (Wildman–Crippen MR) is 351 cm³/mol. The summed E-state index contributed by atoms with van der Waals surface area (Å²) in [6, 6.07) is 53.2. The van der Waals surface area contributed by atoms with E-state index in [2.05, 4.69) is 55.0 Å². The van der Waals surface area contributed by atoms with E-state index in [1.165, 1.54) is 68.2 Å². The predicted octanol–water partition coefficient (Wildman–Crippen LogP) is 20.8. The summed E-state index contributed by atoms with van der Waals surface area (Å²) in [5.74, 6) is -33.2. The van der Waals surface area contributed by atoms with Gasteiger partial charge in [0.1, 0.15) is 29.6 Å². The van der Waals surface area contributed by atoms with Crippen LogP contribution in [0.5, 0.6) is 23.0 Å². The van der Waals surface area contributed by atoms with Crippen molar-refractivity contribution in [3.05, 3.63) is 225 Å². The maximum absolute atomic E-state index is 12.8. The summed E-state index contributed by atoms with van der Waals surface area (Å²) < 4.78 is 182. The van der Waals surface area contributed by atoms with Crippen LogP contribution in [0.3, 0.4) is 0 Å². The van der Waals surface area contributed by atoms with Crippen LogP contribution in [0.1, 0.15) is 158 Å². The molecule has 1 fully saturated rings. The molecule has 9 rings (SSSR count). The third-order valence-electron chi connectivity index (χ3n) is 16.3. The van der Waals surface area contributed by atoms with Gasteiger partial charge in [0.25, 0.3) is 0 Å². The first kappa shape index (κ1) is 80.2. The smallest absolute Gasteiger partial charge is 0.460 e. The Morgan fingerprint density at radius 3 is 0.949 bits per heavy atom. The molecule has 0 heterocycles. The molecule has 0 radical (unpaired) electrons. The number of ether oxygens (including phenoxy) is 4. The van der Waals surface area contributed by atoms with Crippen molar-refractivity contribution in [1.29, 1.82) is 0 Å². The molecule has 8 aromatic carbocycles. The Balaban J connectivity index is 0.000000225. The molecule has 23 heteroatoms. The Morgan fingerprint density at radius 2 is 0.667 bits per heavy atom. The van der Waals surface area contributed by atoms with Gasteiger partial charge in [-0.25, -0.2) is 0 Å². The molecule has 528 valence electrons. The number of fused-ring (bicyclic) bond motifs is 1. The van der Waals surface area contributed by atoms with Crippen LogP contribution in [-0.2, 0) is 10.2 Å². The molecule has 0 atom stereocenters.